The lowest BCUT2D eigenvalue weighted by Crippen LogP contribution is -2.23. The monoisotopic (exact) mass is 578 g/mol. The minimum atomic E-state index is -0.203. The molecule has 0 saturated heterocycles. The van der Waals surface area contributed by atoms with Gasteiger partial charge in [0, 0.05) is 41.8 Å². The number of amides is 2. The molecule has 8 N–H and O–H groups in total. The lowest BCUT2D eigenvalue weighted by Gasteiger charge is -2.10. The van der Waals surface area contributed by atoms with Gasteiger partial charge >= 0.3 is 0 Å². The average Bonchev–Trinajstić information content (AvgIpc) is 3.03. The van der Waals surface area contributed by atoms with Gasteiger partial charge in [-0.25, -0.2) is 0 Å². The molecule has 0 bridgehead atoms. The SMILES string of the molecule is N=C(N)c1ccc(C(=O)NCc2ccc(OCCCOc3ccc(CNC(=O)c4ccc(C(=N)N)cc4)cc3)cc2)cc1. The maximum Gasteiger partial charge on any atom is 0.251 e. The molecule has 0 aromatic heterocycles. The largest absolute Gasteiger partial charge is 0.493 e. The second-order valence-corrected chi connectivity index (χ2v) is 9.69. The molecule has 220 valence electrons. The highest BCUT2D eigenvalue weighted by Crippen LogP contribution is 2.15. The summed E-state index contributed by atoms with van der Waals surface area (Å²) < 4.78 is 11.6. The van der Waals surface area contributed by atoms with Crippen LogP contribution in [0.5, 0.6) is 11.5 Å². The van der Waals surface area contributed by atoms with Crippen LogP contribution in [0.15, 0.2) is 97.1 Å². The van der Waals surface area contributed by atoms with Gasteiger partial charge in [-0.05, 0) is 59.7 Å². The number of nitrogens with two attached hydrogens (primary N) is 2. The van der Waals surface area contributed by atoms with Crippen LogP contribution in [-0.4, -0.2) is 36.7 Å². The number of rotatable bonds is 14. The number of benzene rings is 4. The van der Waals surface area contributed by atoms with Crippen molar-refractivity contribution in [3.05, 3.63) is 130 Å². The minimum absolute atomic E-state index is 0.0376. The molecule has 4 rings (SSSR count). The standard InChI is InChI=1S/C33H34N6O4/c34-30(35)24-6-10-26(11-7-24)32(40)38-20-22-2-14-28(15-3-22)42-18-1-19-43-29-16-4-23(5-17-29)21-39-33(41)27-12-8-25(9-13-27)31(36)37/h2-17H,1,18-21H2,(H3,34,35)(H3,36,37)(H,38,40)(H,39,41). The molecule has 0 unspecified atom stereocenters. The Morgan fingerprint density at radius 1 is 0.535 bits per heavy atom. The zero-order valence-corrected chi connectivity index (χ0v) is 23.6. The normalized spacial score (nSPS) is 10.4. The first-order valence-corrected chi connectivity index (χ1v) is 13.7. The van der Waals surface area contributed by atoms with E-state index in [1.165, 1.54) is 0 Å². The molecule has 0 radical (unpaired) electrons. The van der Waals surface area contributed by atoms with Crippen molar-refractivity contribution in [2.24, 2.45) is 11.5 Å². The Labute approximate surface area is 250 Å². The van der Waals surface area contributed by atoms with Crippen molar-refractivity contribution in [3.63, 3.8) is 0 Å². The Morgan fingerprint density at radius 2 is 0.860 bits per heavy atom. The van der Waals surface area contributed by atoms with E-state index in [1.54, 1.807) is 48.5 Å². The highest BCUT2D eigenvalue weighted by molar-refractivity contribution is 5.99. The molecule has 4 aromatic rings. The predicted octanol–water partition coefficient (Wildman–Crippen LogP) is 3.96. The maximum absolute atomic E-state index is 12.4. The Kier molecular flexibility index (Phi) is 10.5. The summed E-state index contributed by atoms with van der Waals surface area (Å²) in [5.74, 6) is 0.984. The van der Waals surface area contributed by atoms with Crippen LogP contribution in [0.2, 0.25) is 0 Å². The van der Waals surface area contributed by atoms with Crippen LogP contribution in [0.4, 0.5) is 0 Å². The smallest absolute Gasteiger partial charge is 0.251 e. The van der Waals surface area contributed by atoms with Crippen molar-refractivity contribution in [2.45, 2.75) is 19.5 Å². The first-order valence-electron chi connectivity index (χ1n) is 13.7. The van der Waals surface area contributed by atoms with Crippen molar-refractivity contribution in [2.75, 3.05) is 13.2 Å². The summed E-state index contributed by atoms with van der Waals surface area (Å²) in [4.78, 5) is 24.7. The lowest BCUT2D eigenvalue weighted by atomic mass is 10.1. The molecule has 0 aliphatic carbocycles. The van der Waals surface area contributed by atoms with Gasteiger partial charge in [-0.2, -0.15) is 0 Å². The molecular formula is C33H34N6O4. The van der Waals surface area contributed by atoms with Gasteiger partial charge in [-0.1, -0.05) is 48.5 Å². The predicted molar refractivity (Wildman–Crippen MR) is 166 cm³/mol. The van der Waals surface area contributed by atoms with E-state index in [9.17, 15) is 9.59 Å². The molecule has 0 saturated carbocycles. The number of ether oxygens (including phenoxy) is 2. The number of hydrogen-bond acceptors (Lipinski definition) is 6. The summed E-state index contributed by atoms with van der Waals surface area (Å²) in [7, 11) is 0. The zero-order valence-electron chi connectivity index (χ0n) is 23.6. The number of carbonyl (C=O) groups excluding carboxylic acids is 2. The first kappa shape index (κ1) is 30.3. The number of amidine groups is 2. The number of hydrogen-bond donors (Lipinski definition) is 6. The zero-order chi connectivity index (χ0) is 30.6. The van der Waals surface area contributed by atoms with Gasteiger partial charge < -0.3 is 31.6 Å². The quantitative estimate of drug-likeness (QED) is 0.0749. The van der Waals surface area contributed by atoms with Gasteiger partial charge in [0.1, 0.15) is 23.2 Å². The molecule has 0 aliphatic heterocycles. The minimum Gasteiger partial charge on any atom is -0.493 e. The van der Waals surface area contributed by atoms with Gasteiger partial charge in [-0.15, -0.1) is 0 Å². The third-order valence-corrected chi connectivity index (χ3v) is 6.50. The summed E-state index contributed by atoms with van der Waals surface area (Å²) in [5, 5.41) is 20.6. The molecule has 43 heavy (non-hydrogen) atoms. The van der Waals surface area contributed by atoms with Crippen molar-refractivity contribution in [1.29, 1.82) is 10.8 Å². The lowest BCUT2D eigenvalue weighted by molar-refractivity contribution is 0.0943. The van der Waals surface area contributed by atoms with Crippen LogP contribution in [0.1, 0.15) is 49.4 Å². The molecule has 4 aromatic carbocycles. The van der Waals surface area contributed by atoms with Crippen LogP contribution in [0.3, 0.4) is 0 Å². The number of carbonyl (C=O) groups is 2. The Balaban J connectivity index is 1.11. The average molecular weight is 579 g/mol. The summed E-state index contributed by atoms with van der Waals surface area (Å²) >= 11 is 0. The van der Waals surface area contributed by atoms with E-state index in [2.05, 4.69) is 10.6 Å². The molecular weight excluding hydrogens is 544 g/mol. The number of nitrogen functional groups attached to an aromatic ring is 2. The Morgan fingerprint density at radius 3 is 1.19 bits per heavy atom. The maximum atomic E-state index is 12.4. The van der Waals surface area contributed by atoms with E-state index in [0.717, 1.165) is 22.6 Å². The molecule has 0 fully saturated rings. The molecule has 10 nitrogen and oxygen atoms in total. The van der Waals surface area contributed by atoms with E-state index in [4.69, 9.17) is 31.8 Å². The Hall–Kier alpha value is -5.64. The van der Waals surface area contributed by atoms with Gasteiger partial charge in [-0.3, -0.25) is 20.4 Å². The number of nitrogens with one attached hydrogen (secondary N) is 4. The van der Waals surface area contributed by atoms with Crippen LogP contribution < -0.4 is 31.6 Å². The van der Waals surface area contributed by atoms with Crippen LogP contribution >= 0.6 is 0 Å². The second-order valence-electron chi connectivity index (χ2n) is 9.69. The van der Waals surface area contributed by atoms with Crippen molar-refractivity contribution >= 4 is 23.5 Å². The van der Waals surface area contributed by atoms with Crippen molar-refractivity contribution in [1.82, 2.24) is 10.6 Å². The van der Waals surface area contributed by atoms with E-state index in [-0.39, 0.29) is 23.5 Å². The highest BCUT2D eigenvalue weighted by Gasteiger charge is 2.08. The van der Waals surface area contributed by atoms with Crippen molar-refractivity contribution < 1.29 is 19.1 Å². The van der Waals surface area contributed by atoms with E-state index in [0.29, 0.717) is 55.0 Å². The van der Waals surface area contributed by atoms with Gasteiger partial charge in [0.2, 0.25) is 0 Å². The molecule has 0 aliphatic rings. The molecule has 10 heteroatoms. The topological polar surface area (TPSA) is 176 Å². The molecule has 0 spiro atoms. The summed E-state index contributed by atoms with van der Waals surface area (Å²) in [5.41, 5.74) is 14.9. The van der Waals surface area contributed by atoms with Crippen LogP contribution in [0.25, 0.3) is 0 Å². The summed E-state index contributed by atoms with van der Waals surface area (Å²) in [6, 6.07) is 28.2. The molecule has 0 heterocycles. The second kappa shape index (κ2) is 14.8. The van der Waals surface area contributed by atoms with Gasteiger partial charge in [0.05, 0.1) is 13.2 Å². The van der Waals surface area contributed by atoms with Crippen LogP contribution in [0, 0.1) is 10.8 Å². The van der Waals surface area contributed by atoms with E-state index >= 15 is 0 Å². The first-order chi connectivity index (χ1) is 20.8. The fraction of sp³-hybridized carbons (Fsp3) is 0.152. The summed E-state index contributed by atoms with van der Waals surface area (Å²) in [6.45, 7) is 1.73. The molecule has 0 atom stereocenters. The van der Waals surface area contributed by atoms with Gasteiger partial charge in [0.25, 0.3) is 11.8 Å². The fourth-order valence-electron chi connectivity index (χ4n) is 4.02. The van der Waals surface area contributed by atoms with Crippen molar-refractivity contribution in [3.8, 4) is 11.5 Å². The van der Waals surface area contributed by atoms with Gasteiger partial charge in [0.15, 0.2) is 0 Å². The summed E-state index contributed by atoms with van der Waals surface area (Å²) in [6.07, 6.45) is 0.695. The van der Waals surface area contributed by atoms with E-state index < -0.39 is 0 Å². The van der Waals surface area contributed by atoms with Crippen LogP contribution in [-0.2, 0) is 13.1 Å². The fourth-order valence-corrected chi connectivity index (χ4v) is 4.02. The highest BCUT2D eigenvalue weighted by atomic mass is 16.5. The Bertz CT molecular complexity index is 1430. The third kappa shape index (κ3) is 9.19. The van der Waals surface area contributed by atoms with E-state index in [1.807, 2.05) is 48.5 Å². The third-order valence-electron chi connectivity index (χ3n) is 6.50. The molecule has 2 amide bonds.